The molecule has 3 N–H and O–H groups in total. The Morgan fingerprint density at radius 3 is 1.95 bits per heavy atom. The first kappa shape index (κ1) is 17.7. The second kappa shape index (κ2) is 6.26. The third-order valence-corrected chi connectivity index (χ3v) is 4.08. The molecular formula is C14H28N2O3. The van der Waals surface area contributed by atoms with Crippen LogP contribution < -0.4 is 10.6 Å². The van der Waals surface area contributed by atoms with Crippen LogP contribution in [0.2, 0.25) is 0 Å². The number of carboxylic acid groups (broad SMARTS) is 1. The molecule has 0 aliphatic carbocycles. The number of carboxylic acids is 1. The molecular weight excluding hydrogens is 244 g/mol. The molecule has 0 aromatic rings. The van der Waals surface area contributed by atoms with Gasteiger partial charge in [0.15, 0.2) is 0 Å². The van der Waals surface area contributed by atoms with E-state index in [2.05, 4.69) is 10.6 Å². The summed E-state index contributed by atoms with van der Waals surface area (Å²) in [7, 11) is 0. The maximum Gasteiger partial charge on any atom is 0.315 e. The fraction of sp³-hybridized carbons (Fsp3) is 0.857. The lowest BCUT2D eigenvalue weighted by molar-refractivity contribution is -0.150. The van der Waals surface area contributed by atoms with Gasteiger partial charge in [0.25, 0.3) is 0 Å². The molecule has 5 heteroatoms. The van der Waals surface area contributed by atoms with Crippen LogP contribution in [0.1, 0.15) is 54.9 Å². The summed E-state index contributed by atoms with van der Waals surface area (Å²) in [6.07, 6.45) is 0.841. The summed E-state index contributed by atoms with van der Waals surface area (Å²) in [4.78, 5) is 23.3. The lowest BCUT2D eigenvalue weighted by atomic mass is 9.74. The predicted octanol–water partition coefficient (Wildman–Crippen LogP) is 2.61. The molecule has 0 aromatic heterocycles. The molecule has 0 aromatic carbocycles. The quantitative estimate of drug-likeness (QED) is 0.695. The van der Waals surface area contributed by atoms with Crippen LogP contribution in [0.3, 0.4) is 0 Å². The Morgan fingerprint density at radius 2 is 1.63 bits per heavy atom. The van der Waals surface area contributed by atoms with Crippen LogP contribution in [0.25, 0.3) is 0 Å². The first-order chi connectivity index (χ1) is 8.45. The Labute approximate surface area is 116 Å². The monoisotopic (exact) mass is 272 g/mol. The normalized spacial score (nSPS) is 14.1. The molecule has 0 fully saturated rings. The van der Waals surface area contributed by atoms with E-state index in [1.165, 1.54) is 0 Å². The van der Waals surface area contributed by atoms with Crippen molar-refractivity contribution in [3.05, 3.63) is 0 Å². The highest BCUT2D eigenvalue weighted by atomic mass is 16.4. The zero-order chi connectivity index (χ0) is 15.4. The van der Waals surface area contributed by atoms with Crippen molar-refractivity contribution in [1.29, 1.82) is 0 Å². The van der Waals surface area contributed by atoms with Crippen molar-refractivity contribution >= 4 is 12.0 Å². The molecule has 0 heterocycles. The SMILES string of the molecule is CCC(NC(=O)NC(C)(C)C(C)(C)C(=O)O)C(C)C. The van der Waals surface area contributed by atoms with E-state index >= 15 is 0 Å². The molecule has 0 rings (SSSR count). The molecule has 0 saturated heterocycles. The Hall–Kier alpha value is -1.26. The molecule has 0 radical (unpaired) electrons. The van der Waals surface area contributed by atoms with Crippen LogP contribution in [-0.4, -0.2) is 28.7 Å². The van der Waals surface area contributed by atoms with Gasteiger partial charge in [-0.2, -0.15) is 0 Å². The average Bonchev–Trinajstić information content (AvgIpc) is 2.24. The Kier molecular flexibility index (Phi) is 5.84. The first-order valence-electron chi connectivity index (χ1n) is 6.77. The number of rotatable bonds is 6. The van der Waals surface area contributed by atoms with Crippen LogP contribution in [0, 0.1) is 11.3 Å². The Bertz CT molecular complexity index is 336. The maximum atomic E-state index is 12.0. The van der Waals surface area contributed by atoms with Crippen LogP contribution in [0.4, 0.5) is 4.79 Å². The fourth-order valence-corrected chi connectivity index (χ4v) is 1.65. The number of urea groups is 1. The minimum absolute atomic E-state index is 0.0868. The van der Waals surface area contributed by atoms with Crippen molar-refractivity contribution < 1.29 is 14.7 Å². The maximum absolute atomic E-state index is 12.0. The standard InChI is InChI=1S/C14H28N2O3/c1-8-10(9(2)3)15-12(19)16-14(6,7)13(4,5)11(17)18/h9-10H,8H2,1-7H3,(H,17,18)(H2,15,16,19). The molecule has 0 spiro atoms. The lowest BCUT2D eigenvalue weighted by Gasteiger charge is -2.39. The number of carbonyl (C=O) groups is 2. The smallest absolute Gasteiger partial charge is 0.315 e. The minimum Gasteiger partial charge on any atom is -0.481 e. The van der Waals surface area contributed by atoms with Gasteiger partial charge in [-0.1, -0.05) is 20.8 Å². The number of amides is 2. The van der Waals surface area contributed by atoms with Gasteiger partial charge in [-0.3, -0.25) is 4.79 Å². The lowest BCUT2D eigenvalue weighted by Crippen LogP contribution is -2.60. The van der Waals surface area contributed by atoms with Gasteiger partial charge in [0.2, 0.25) is 0 Å². The molecule has 112 valence electrons. The van der Waals surface area contributed by atoms with E-state index in [0.717, 1.165) is 6.42 Å². The second-order valence-electron chi connectivity index (χ2n) is 6.41. The molecule has 5 nitrogen and oxygen atoms in total. The van der Waals surface area contributed by atoms with Crippen LogP contribution in [0.15, 0.2) is 0 Å². The van der Waals surface area contributed by atoms with Crippen LogP contribution in [0.5, 0.6) is 0 Å². The van der Waals surface area contributed by atoms with E-state index < -0.39 is 16.9 Å². The van der Waals surface area contributed by atoms with Crippen molar-refractivity contribution in [2.75, 3.05) is 0 Å². The number of carbonyl (C=O) groups excluding carboxylic acids is 1. The zero-order valence-corrected chi connectivity index (χ0v) is 13.1. The summed E-state index contributed by atoms with van der Waals surface area (Å²) in [6.45, 7) is 12.7. The van der Waals surface area contributed by atoms with Crippen molar-refractivity contribution in [1.82, 2.24) is 10.6 Å². The minimum atomic E-state index is -1.05. The number of hydrogen-bond acceptors (Lipinski definition) is 2. The number of nitrogens with one attached hydrogen (secondary N) is 2. The van der Waals surface area contributed by atoms with E-state index in [1.807, 2.05) is 20.8 Å². The van der Waals surface area contributed by atoms with E-state index in [-0.39, 0.29) is 12.1 Å². The van der Waals surface area contributed by atoms with Gasteiger partial charge in [0, 0.05) is 6.04 Å². The summed E-state index contributed by atoms with van der Waals surface area (Å²) < 4.78 is 0. The van der Waals surface area contributed by atoms with Crippen molar-refractivity contribution in [3.63, 3.8) is 0 Å². The van der Waals surface area contributed by atoms with Crippen molar-refractivity contribution in [2.24, 2.45) is 11.3 Å². The molecule has 2 amide bonds. The highest BCUT2D eigenvalue weighted by Crippen LogP contribution is 2.30. The number of aliphatic carboxylic acids is 1. The Morgan fingerprint density at radius 1 is 1.16 bits per heavy atom. The average molecular weight is 272 g/mol. The predicted molar refractivity (Wildman–Crippen MR) is 76.1 cm³/mol. The van der Waals surface area contributed by atoms with Crippen molar-refractivity contribution in [3.8, 4) is 0 Å². The summed E-state index contributed by atoms with van der Waals surface area (Å²) >= 11 is 0. The van der Waals surface area contributed by atoms with Gasteiger partial charge in [0.1, 0.15) is 0 Å². The van der Waals surface area contributed by atoms with Gasteiger partial charge in [-0.05, 0) is 40.0 Å². The third-order valence-electron chi connectivity index (χ3n) is 4.08. The van der Waals surface area contributed by atoms with E-state index in [0.29, 0.717) is 5.92 Å². The second-order valence-corrected chi connectivity index (χ2v) is 6.41. The highest BCUT2D eigenvalue weighted by molar-refractivity contribution is 5.79. The molecule has 1 atom stereocenters. The zero-order valence-electron chi connectivity index (χ0n) is 13.1. The topological polar surface area (TPSA) is 78.4 Å². The summed E-state index contributed by atoms with van der Waals surface area (Å²) in [6, 6.07) is -0.233. The largest absolute Gasteiger partial charge is 0.481 e. The van der Waals surface area contributed by atoms with Crippen LogP contribution in [-0.2, 0) is 4.79 Å². The van der Waals surface area contributed by atoms with Gasteiger partial charge < -0.3 is 15.7 Å². The molecule has 0 aliphatic heterocycles. The molecule has 19 heavy (non-hydrogen) atoms. The first-order valence-corrected chi connectivity index (χ1v) is 6.77. The van der Waals surface area contributed by atoms with Gasteiger partial charge >= 0.3 is 12.0 Å². The summed E-state index contributed by atoms with van der Waals surface area (Å²) in [5, 5.41) is 14.9. The van der Waals surface area contributed by atoms with Gasteiger partial charge in [-0.25, -0.2) is 4.79 Å². The molecule has 0 saturated carbocycles. The Balaban J connectivity index is 4.76. The van der Waals surface area contributed by atoms with E-state index in [9.17, 15) is 14.7 Å². The highest BCUT2D eigenvalue weighted by Gasteiger charge is 2.44. The van der Waals surface area contributed by atoms with Crippen LogP contribution >= 0.6 is 0 Å². The molecule has 1 unspecified atom stereocenters. The van der Waals surface area contributed by atoms with Gasteiger partial charge in [0.05, 0.1) is 11.0 Å². The van der Waals surface area contributed by atoms with E-state index in [1.54, 1.807) is 27.7 Å². The molecule has 0 bridgehead atoms. The number of hydrogen-bond donors (Lipinski definition) is 3. The molecule has 0 aliphatic rings. The van der Waals surface area contributed by atoms with E-state index in [4.69, 9.17) is 0 Å². The van der Waals surface area contributed by atoms with Crippen molar-refractivity contribution in [2.45, 2.75) is 66.5 Å². The summed E-state index contributed by atoms with van der Waals surface area (Å²) in [5.41, 5.74) is -1.90. The van der Waals surface area contributed by atoms with Gasteiger partial charge in [-0.15, -0.1) is 0 Å². The third kappa shape index (κ3) is 4.40. The fourth-order valence-electron chi connectivity index (χ4n) is 1.65. The summed E-state index contributed by atoms with van der Waals surface area (Å²) in [5.74, 6) is -0.597.